The van der Waals surface area contributed by atoms with Gasteiger partial charge >= 0.3 is 0 Å². The van der Waals surface area contributed by atoms with Crippen molar-refractivity contribution in [1.29, 1.82) is 5.26 Å². The number of nitrogens with one attached hydrogen (secondary N) is 2. The van der Waals surface area contributed by atoms with Crippen LogP contribution in [-0.2, 0) is 9.59 Å². The summed E-state index contributed by atoms with van der Waals surface area (Å²) in [5.74, 6) is -0.387. The van der Waals surface area contributed by atoms with Crippen LogP contribution in [-0.4, -0.2) is 18.4 Å². The second-order valence-corrected chi connectivity index (χ2v) is 8.75. The Hall–Kier alpha value is -3.60. The van der Waals surface area contributed by atoms with Gasteiger partial charge in [-0.05, 0) is 95.0 Å². The molecule has 0 radical (unpaired) electrons. The molecule has 3 aromatic rings. The summed E-state index contributed by atoms with van der Waals surface area (Å²) in [6.07, 6.45) is 1.46. The lowest BCUT2D eigenvalue weighted by atomic mass is 10.1. The number of aryl methyl sites for hydroxylation is 2. The number of anilines is 2. The molecule has 0 aliphatic rings. The molecule has 0 aliphatic heterocycles. The topological polar surface area (TPSA) is 91.2 Å². The maximum Gasteiger partial charge on any atom is 0.266 e. The SMILES string of the molecule is Cc1ccc(NC(=O)COc2ccc(/C=C(/C#N)C(=O)Nc3cccc(Cl)c3)cc2Br)cc1C. The van der Waals surface area contributed by atoms with Gasteiger partial charge in [-0.1, -0.05) is 29.8 Å². The van der Waals surface area contributed by atoms with Gasteiger partial charge < -0.3 is 15.4 Å². The van der Waals surface area contributed by atoms with Crippen LogP contribution in [0.15, 0.2) is 70.7 Å². The first-order valence-electron chi connectivity index (χ1n) is 10.2. The fraction of sp³-hybridized carbons (Fsp3) is 0.115. The Morgan fingerprint density at radius 2 is 1.79 bits per heavy atom. The molecule has 0 fully saturated rings. The van der Waals surface area contributed by atoms with Crippen molar-refractivity contribution in [2.75, 3.05) is 17.2 Å². The van der Waals surface area contributed by atoms with Gasteiger partial charge in [-0.2, -0.15) is 5.26 Å². The Kier molecular flexibility index (Phi) is 8.47. The third-order valence-corrected chi connectivity index (χ3v) is 5.72. The third kappa shape index (κ3) is 6.95. The quantitative estimate of drug-likeness (QED) is 0.273. The van der Waals surface area contributed by atoms with E-state index in [1.807, 2.05) is 38.1 Å². The first-order valence-corrected chi connectivity index (χ1v) is 11.4. The molecule has 0 saturated heterocycles. The van der Waals surface area contributed by atoms with Crippen molar-refractivity contribution >= 4 is 56.8 Å². The number of nitriles is 1. The van der Waals surface area contributed by atoms with Crippen molar-refractivity contribution in [2.24, 2.45) is 0 Å². The Balaban J connectivity index is 1.63. The summed E-state index contributed by atoms with van der Waals surface area (Å²) < 4.78 is 6.19. The van der Waals surface area contributed by atoms with E-state index < -0.39 is 5.91 Å². The number of rotatable bonds is 7. The molecule has 0 heterocycles. The van der Waals surface area contributed by atoms with E-state index in [2.05, 4.69) is 26.6 Å². The molecule has 0 saturated carbocycles. The molecule has 2 N–H and O–H groups in total. The predicted octanol–water partition coefficient (Wildman–Crippen LogP) is 6.28. The zero-order chi connectivity index (χ0) is 24.7. The smallest absolute Gasteiger partial charge is 0.266 e. The molecule has 0 aliphatic carbocycles. The molecule has 2 amide bonds. The number of halogens is 2. The normalized spacial score (nSPS) is 10.9. The lowest BCUT2D eigenvalue weighted by Gasteiger charge is -2.11. The van der Waals surface area contributed by atoms with Crippen molar-refractivity contribution < 1.29 is 14.3 Å². The average molecular weight is 539 g/mol. The molecule has 6 nitrogen and oxygen atoms in total. The number of hydrogen-bond donors (Lipinski definition) is 2. The van der Waals surface area contributed by atoms with Gasteiger partial charge in [-0.3, -0.25) is 9.59 Å². The van der Waals surface area contributed by atoms with E-state index in [1.54, 1.807) is 42.5 Å². The fourth-order valence-electron chi connectivity index (χ4n) is 2.96. The van der Waals surface area contributed by atoms with E-state index in [0.29, 0.717) is 32.2 Å². The van der Waals surface area contributed by atoms with Crippen LogP contribution >= 0.6 is 27.5 Å². The molecule has 3 aromatic carbocycles. The van der Waals surface area contributed by atoms with Crippen LogP contribution in [0.1, 0.15) is 16.7 Å². The Labute approximate surface area is 211 Å². The van der Waals surface area contributed by atoms with E-state index in [0.717, 1.165) is 11.1 Å². The van der Waals surface area contributed by atoms with Crippen molar-refractivity contribution in [1.82, 2.24) is 0 Å². The fourth-order valence-corrected chi connectivity index (χ4v) is 3.66. The number of amides is 2. The van der Waals surface area contributed by atoms with E-state index >= 15 is 0 Å². The highest BCUT2D eigenvalue weighted by molar-refractivity contribution is 9.10. The molecular formula is C26H21BrClN3O3. The standard InChI is InChI=1S/C26H21BrClN3O3/c1-16-6-8-22(10-17(16)2)30-25(32)15-34-24-9-7-18(12-23(24)27)11-19(14-29)26(33)31-21-5-3-4-20(28)13-21/h3-13H,15H2,1-2H3,(H,30,32)(H,31,33)/b19-11-. The zero-order valence-electron chi connectivity index (χ0n) is 18.5. The second kappa shape index (κ2) is 11.5. The summed E-state index contributed by atoms with van der Waals surface area (Å²) in [4.78, 5) is 24.7. The second-order valence-electron chi connectivity index (χ2n) is 7.46. The molecule has 0 bridgehead atoms. The van der Waals surface area contributed by atoms with Gasteiger partial charge in [0.25, 0.3) is 11.8 Å². The van der Waals surface area contributed by atoms with Crippen LogP contribution in [0.3, 0.4) is 0 Å². The highest BCUT2D eigenvalue weighted by atomic mass is 79.9. The number of hydrogen-bond acceptors (Lipinski definition) is 4. The minimum atomic E-state index is -0.552. The van der Waals surface area contributed by atoms with E-state index in [-0.39, 0.29) is 18.1 Å². The van der Waals surface area contributed by atoms with Gasteiger partial charge in [0.05, 0.1) is 4.47 Å². The molecule has 172 valence electrons. The summed E-state index contributed by atoms with van der Waals surface area (Å²) in [7, 11) is 0. The highest BCUT2D eigenvalue weighted by Crippen LogP contribution is 2.27. The molecule has 8 heteroatoms. The van der Waals surface area contributed by atoms with E-state index in [4.69, 9.17) is 16.3 Å². The largest absolute Gasteiger partial charge is 0.483 e. The van der Waals surface area contributed by atoms with Gasteiger partial charge in [-0.25, -0.2) is 0 Å². The van der Waals surface area contributed by atoms with Crippen molar-refractivity contribution in [3.8, 4) is 11.8 Å². The first kappa shape index (κ1) is 25.0. The summed E-state index contributed by atoms with van der Waals surface area (Å²) >= 11 is 9.34. The molecule has 0 unspecified atom stereocenters. The Morgan fingerprint density at radius 3 is 2.47 bits per heavy atom. The molecule has 0 spiro atoms. The molecular weight excluding hydrogens is 518 g/mol. The first-order chi connectivity index (χ1) is 16.2. The van der Waals surface area contributed by atoms with Gasteiger partial charge in [0.15, 0.2) is 6.61 Å². The number of carbonyl (C=O) groups is 2. The zero-order valence-corrected chi connectivity index (χ0v) is 20.8. The monoisotopic (exact) mass is 537 g/mol. The molecule has 3 rings (SSSR count). The minimum Gasteiger partial charge on any atom is -0.483 e. The number of benzene rings is 3. The van der Waals surface area contributed by atoms with Crippen LogP contribution < -0.4 is 15.4 Å². The van der Waals surface area contributed by atoms with Crippen LogP contribution in [0, 0.1) is 25.2 Å². The Morgan fingerprint density at radius 1 is 1.03 bits per heavy atom. The summed E-state index contributed by atoms with van der Waals surface area (Å²) in [6, 6.07) is 19.3. The maximum absolute atomic E-state index is 12.5. The average Bonchev–Trinajstić information content (AvgIpc) is 2.79. The van der Waals surface area contributed by atoms with Crippen molar-refractivity contribution in [3.63, 3.8) is 0 Å². The van der Waals surface area contributed by atoms with Gasteiger partial charge in [0.2, 0.25) is 0 Å². The Bertz CT molecular complexity index is 1310. The molecule has 0 aromatic heterocycles. The van der Waals surface area contributed by atoms with Gasteiger partial charge in [0, 0.05) is 16.4 Å². The highest BCUT2D eigenvalue weighted by Gasteiger charge is 2.12. The number of nitrogens with zero attached hydrogens (tertiary/aromatic N) is 1. The molecule has 0 atom stereocenters. The lowest BCUT2D eigenvalue weighted by Crippen LogP contribution is -2.20. The molecule has 34 heavy (non-hydrogen) atoms. The third-order valence-electron chi connectivity index (χ3n) is 4.86. The maximum atomic E-state index is 12.5. The van der Waals surface area contributed by atoms with Crippen molar-refractivity contribution in [3.05, 3.63) is 92.4 Å². The van der Waals surface area contributed by atoms with Crippen LogP contribution in [0.2, 0.25) is 5.02 Å². The van der Waals surface area contributed by atoms with Crippen LogP contribution in [0.25, 0.3) is 6.08 Å². The summed E-state index contributed by atoms with van der Waals surface area (Å²) in [5.41, 5.74) is 3.96. The van der Waals surface area contributed by atoms with Gasteiger partial charge in [-0.15, -0.1) is 0 Å². The van der Waals surface area contributed by atoms with E-state index in [1.165, 1.54) is 6.08 Å². The van der Waals surface area contributed by atoms with Gasteiger partial charge in [0.1, 0.15) is 17.4 Å². The minimum absolute atomic E-state index is 0.0756. The summed E-state index contributed by atoms with van der Waals surface area (Å²) in [5, 5.41) is 15.3. The lowest BCUT2D eigenvalue weighted by molar-refractivity contribution is -0.118. The van der Waals surface area contributed by atoms with Crippen LogP contribution in [0.5, 0.6) is 5.75 Å². The van der Waals surface area contributed by atoms with E-state index in [9.17, 15) is 14.9 Å². The number of carbonyl (C=O) groups excluding carboxylic acids is 2. The van der Waals surface area contributed by atoms with Crippen LogP contribution in [0.4, 0.5) is 11.4 Å². The predicted molar refractivity (Wildman–Crippen MR) is 138 cm³/mol. The summed E-state index contributed by atoms with van der Waals surface area (Å²) in [6.45, 7) is 3.81. The number of ether oxygens (including phenoxy) is 1. The van der Waals surface area contributed by atoms with Crippen molar-refractivity contribution in [2.45, 2.75) is 13.8 Å².